The molecule has 176 valence electrons. The van der Waals surface area contributed by atoms with Crippen LogP contribution in [0.4, 0.5) is 10.8 Å². The van der Waals surface area contributed by atoms with Crippen LogP contribution < -0.4 is 5.32 Å². The zero-order valence-corrected chi connectivity index (χ0v) is 20.1. The van der Waals surface area contributed by atoms with Crippen molar-refractivity contribution in [2.45, 2.75) is 44.4 Å². The van der Waals surface area contributed by atoms with E-state index in [0.29, 0.717) is 28.4 Å². The van der Waals surface area contributed by atoms with Gasteiger partial charge in [-0.05, 0) is 43.2 Å². The lowest BCUT2D eigenvalue weighted by Crippen LogP contribution is -2.33. The van der Waals surface area contributed by atoms with Gasteiger partial charge in [0.15, 0.2) is 5.13 Å². The Morgan fingerprint density at radius 1 is 1.09 bits per heavy atom. The number of thiazole rings is 1. The summed E-state index contributed by atoms with van der Waals surface area (Å²) in [5.41, 5.74) is 0.726. The van der Waals surface area contributed by atoms with Gasteiger partial charge in [0.05, 0.1) is 20.0 Å². The van der Waals surface area contributed by atoms with Crippen LogP contribution in [0.15, 0.2) is 47.4 Å². The molecule has 0 atom stereocenters. The van der Waals surface area contributed by atoms with E-state index in [9.17, 15) is 23.3 Å². The molecule has 1 N–H and O–H groups in total. The van der Waals surface area contributed by atoms with Crippen molar-refractivity contribution in [3.8, 4) is 0 Å². The van der Waals surface area contributed by atoms with Crippen molar-refractivity contribution in [3.05, 3.63) is 58.1 Å². The first-order valence-electron chi connectivity index (χ1n) is 10.7. The molecule has 3 rings (SSSR count). The van der Waals surface area contributed by atoms with E-state index < -0.39 is 20.9 Å². The van der Waals surface area contributed by atoms with E-state index in [4.69, 9.17) is 0 Å². The maximum Gasteiger partial charge on any atom is 0.269 e. The van der Waals surface area contributed by atoms with Gasteiger partial charge in [0, 0.05) is 30.8 Å². The molecule has 1 amide bonds. The van der Waals surface area contributed by atoms with E-state index in [1.165, 1.54) is 35.6 Å². The lowest BCUT2D eigenvalue weighted by Gasteiger charge is -2.21. The molecular formula is C22H26N4O5S2. The Kier molecular flexibility index (Phi) is 8.11. The fraction of sp³-hybridized carbons (Fsp3) is 0.364. The highest BCUT2D eigenvalue weighted by atomic mass is 32.2. The first-order valence-corrected chi connectivity index (χ1v) is 13.0. The van der Waals surface area contributed by atoms with Crippen LogP contribution in [0.5, 0.6) is 0 Å². The summed E-state index contributed by atoms with van der Waals surface area (Å²) >= 11 is 1.17. The normalized spacial score (nSPS) is 11.7. The third-order valence-corrected chi connectivity index (χ3v) is 7.91. The summed E-state index contributed by atoms with van der Waals surface area (Å²) < 4.78 is 28.6. The van der Waals surface area contributed by atoms with Gasteiger partial charge in [-0.25, -0.2) is 13.4 Å². The van der Waals surface area contributed by atoms with Crippen molar-refractivity contribution < 1.29 is 18.1 Å². The summed E-state index contributed by atoms with van der Waals surface area (Å²) in [5.74, 6) is -0.456. The summed E-state index contributed by atoms with van der Waals surface area (Å²) in [5, 5.41) is 13.8. The van der Waals surface area contributed by atoms with E-state index in [1.54, 1.807) is 22.5 Å². The van der Waals surface area contributed by atoms with E-state index in [1.807, 2.05) is 13.8 Å². The third kappa shape index (κ3) is 5.92. The molecule has 0 unspecified atom stereocenters. The van der Waals surface area contributed by atoms with Crippen LogP contribution in [0.3, 0.4) is 0 Å². The van der Waals surface area contributed by atoms with E-state index in [2.05, 4.69) is 10.3 Å². The molecule has 2 aromatic carbocycles. The van der Waals surface area contributed by atoms with Crippen LogP contribution in [0.1, 0.15) is 49.9 Å². The average Bonchev–Trinajstić information content (AvgIpc) is 3.20. The van der Waals surface area contributed by atoms with Gasteiger partial charge in [-0.1, -0.05) is 38.0 Å². The molecule has 0 saturated heterocycles. The van der Waals surface area contributed by atoms with E-state index >= 15 is 0 Å². The SMILES string of the molecule is CCCCN(CCCC)S(=O)(=O)c1ccc2nc(NC(=O)c3ccc([N+](=O)[O-])cc3)sc2c1. The highest BCUT2D eigenvalue weighted by molar-refractivity contribution is 7.89. The predicted octanol–water partition coefficient (Wildman–Crippen LogP) is 5.05. The van der Waals surface area contributed by atoms with Crippen LogP contribution in [-0.4, -0.2) is 41.6 Å². The van der Waals surface area contributed by atoms with Crippen molar-refractivity contribution in [3.63, 3.8) is 0 Å². The summed E-state index contributed by atoms with van der Waals surface area (Å²) in [6.45, 7) is 5.02. The zero-order chi connectivity index (χ0) is 24.0. The van der Waals surface area contributed by atoms with Crippen LogP contribution in [0.25, 0.3) is 10.2 Å². The molecule has 0 aliphatic heterocycles. The maximum atomic E-state index is 13.2. The zero-order valence-electron chi connectivity index (χ0n) is 18.5. The van der Waals surface area contributed by atoms with Crippen LogP contribution in [0, 0.1) is 10.1 Å². The van der Waals surface area contributed by atoms with Crippen molar-refractivity contribution in [1.82, 2.24) is 9.29 Å². The number of hydrogen-bond acceptors (Lipinski definition) is 7. The quantitative estimate of drug-likeness (QED) is 0.296. The molecular weight excluding hydrogens is 464 g/mol. The second-order valence-electron chi connectivity index (χ2n) is 7.52. The molecule has 1 heterocycles. The number of rotatable bonds is 11. The first kappa shape index (κ1) is 24.7. The molecule has 0 spiro atoms. The molecule has 0 radical (unpaired) electrons. The Balaban J connectivity index is 1.81. The van der Waals surface area contributed by atoms with Gasteiger partial charge in [0.25, 0.3) is 11.6 Å². The monoisotopic (exact) mass is 490 g/mol. The fourth-order valence-corrected chi connectivity index (χ4v) is 5.71. The first-order chi connectivity index (χ1) is 15.8. The smallest absolute Gasteiger partial charge is 0.269 e. The van der Waals surface area contributed by atoms with E-state index in [0.717, 1.165) is 25.7 Å². The van der Waals surface area contributed by atoms with Gasteiger partial charge in [0.1, 0.15) is 0 Å². The highest BCUT2D eigenvalue weighted by Gasteiger charge is 2.24. The summed E-state index contributed by atoms with van der Waals surface area (Å²) in [6, 6.07) is 10.0. The largest absolute Gasteiger partial charge is 0.298 e. The molecule has 3 aromatic rings. The number of carbonyl (C=O) groups is 1. The van der Waals surface area contributed by atoms with Crippen molar-refractivity contribution in [1.29, 1.82) is 0 Å². The fourth-order valence-electron chi connectivity index (χ4n) is 3.19. The number of nitrogens with zero attached hydrogens (tertiary/aromatic N) is 3. The highest BCUT2D eigenvalue weighted by Crippen LogP contribution is 2.30. The lowest BCUT2D eigenvalue weighted by molar-refractivity contribution is -0.384. The molecule has 0 bridgehead atoms. The Hall–Kier alpha value is -2.89. The number of hydrogen-bond donors (Lipinski definition) is 1. The van der Waals surface area contributed by atoms with Gasteiger partial charge in [-0.2, -0.15) is 4.31 Å². The number of benzene rings is 2. The topological polar surface area (TPSA) is 123 Å². The Morgan fingerprint density at radius 2 is 1.73 bits per heavy atom. The van der Waals surface area contributed by atoms with Gasteiger partial charge < -0.3 is 0 Å². The molecule has 11 heteroatoms. The number of carbonyl (C=O) groups excluding carboxylic acids is 1. The van der Waals surface area contributed by atoms with Crippen molar-refractivity contribution in [2.75, 3.05) is 18.4 Å². The number of nitro benzene ring substituents is 1. The molecule has 9 nitrogen and oxygen atoms in total. The standard InChI is InChI=1S/C22H26N4O5S2/c1-3-5-13-25(14-6-4-2)33(30,31)18-11-12-19-20(15-18)32-22(23-19)24-21(27)16-7-9-17(10-8-16)26(28)29/h7-12,15H,3-6,13-14H2,1-2H3,(H,23,24,27). The predicted molar refractivity (Wildman–Crippen MR) is 129 cm³/mol. The number of nitro groups is 1. The van der Waals surface area contributed by atoms with E-state index in [-0.39, 0.29) is 16.1 Å². The average molecular weight is 491 g/mol. The second kappa shape index (κ2) is 10.8. The number of anilines is 1. The number of nitrogens with one attached hydrogen (secondary N) is 1. The van der Waals surface area contributed by atoms with Gasteiger partial charge in [-0.3, -0.25) is 20.2 Å². The maximum absolute atomic E-state index is 13.2. The van der Waals surface area contributed by atoms with Crippen molar-refractivity contribution >= 4 is 48.3 Å². The minimum atomic E-state index is -3.64. The van der Waals surface area contributed by atoms with Crippen molar-refractivity contribution in [2.24, 2.45) is 0 Å². The third-order valence-electron chi connectivity index (χ3n) is 5.08. The van der Waals surface area contributed by atoms with Crippen LogP contribution in [0.2, 0.25) is 0 Å². The number of unbranched alkanes of at least 4 members (excludes halogenated alkanes) is 2. The van der Waals surface area contributed by atoms with Crippen LogP contribution >= 0.6 is 11.3 Å². The second-order valence-corrected chi connectivity index (χ2v) is 10.5. The number of fused-ring (bicyclic) bond motifs is 1. The number of sulfonamides is 1. The van der Waals surface area contributed by atoms with Gasteiger partial charge in [0.2, 0.25) is 10.0 Å². The number of non-ortho nitro benzene ring substituents is 1. The summed E-state index contributed by atoms with van der Waals surface area (Å²) in [6.07, 6.45) is 3.41. The molecule has 0 aliphatic rings. The Labute approximate surface area is 196 Å². The summed E-state index contributed by atoms with van der Waals surface area (Å²) in [7, 11) is -3.64. The van der Waals surface area contributed by atoms with Gasteiger partial charge in [-0.15, -0.1) is 0 Å². The minimum Gasteiger partial charge on any atom is -0.298 e. The number of amides is 1. The molecule has 0 fully saturated rings. The molecule has 1 aromatic heterocycles. The molecule has 0 saturated carbocycles. The molecule has 33 heavy (non-hydrogen) atoms. The van der Waals surface area contributed by atoms with Crippen LogP contribution in [-0.2, 0) is 10.0 Å². The Bertz CT molecular complexity index is 1230. The Morgan fingerprint density at radius 3 is 2.30 bits per heavy atom. The number of aromatic nitrogens is 1. The lowest BCUT2D eigenvalue weighted by atomic mass is 10.2. The minimum absolute atomic E-state index is 0.104. The van der Waals surface area contributed by atoms with Gasteiger partial charge >= 0.3 is 0 Å². The summed E-state index contributed by atoms with van der Waals surface area (Å²) in [4.78, 5) is 27.3. The molecule has 0 aliphatic carbocycles.